The zero-order chi connectivity index (χ0) is 15.2. The summed E-state index contributed by atoms with van der Waals surface area (Å²) in [5.74, 6) is 2.30. The fourth-order valence-electron chi connectivity index (χ4n) is 4.05. The highest BCUT2D eigenvalue weighted by Gasteiger charge is 2.29. The monoisotopic (exact) mass is 291 g/mol. The summed E-state index contributed by atoms with van der Waals surface area (Å²) in [5.41, 5.74) is 2.44. The van der Waals surface area contributed by atoms with Gasteiger partial charge in [-0.2, -0.15) is 0 Å². The molecule has 118 valence electrons. The summed E-state index contributed by atoms with van der Waals surface area (Å²) < 4.78 is 13.3. The molecule has 0 aliphatic heterocycles. The predicted octanol–water partition coefficient (Wildman–Crippen LogP) is 4.73. The maximum absolute atomic E-state index is 13.3. The highest BCUT2D eigenvalue weighted by Crippen LogP contribution is 2.38. The first-order valence-electron chi connectivity index (χ1n) is 8.53. The SMILES string of the molecule is CCCC1CCC(CNC)C(Cc2ccc(F)cc2C)C1. The molecule has 0 aromatic heterocycles. The molecule has 0 amide bonds. The van der Waals surface area contributed by atoms with Crippen molar-refractivity contribution in [3.63, 3.8) is 0 Å². The Hall–Kier alpha value is -0.890. The minimum atomic E-state index is -0.115. The second-order valence-corrected chi connectivity index (χ2v) is 6.82. The number of aryl methyl sites for hydroxylation is 1. The smallest absolute Gasteiger partial charge is 0.123 e. The summed E-state index contributed by atoms with van der Waals surface area (Å²) in [5, 5.41) is 3.36. The first-order valence-corrected chi connectivity index (χ1v) is 8.53. The number of hydrogen-bond donors (Lipinski definition) is 1. The highest BCUT2D eigenvalue weighted by atomic mass is 19.1. The molecule has 0 saturated heterocycles. The van der Waals surface area contributed by atoms with Crippen molar-refractivity contribution in [2.24, 2.45) is 17.8 Å². The summed E-state index contributed by atoms with van der Waals surface area (Å²) in [6.07, 6.45) is 7.85. The van der Waals surface area contributed by atoms with Gasteiger partial charge < -0.3 is 5.32 Å². The van der Waals surface area contributed by atoms with E-state index in [1.165, 1.54) is 37.7 Å². The second kappa shape index (κ2) is 7.93. The Morgan fingerprint density at radius 1 is 1.24 bits per heavy atom. The van der Waals surface area contributed by atoms with Crippen LogP contribution in [0.5, 0.6) is 0 Å². The van der Waals surface area contributed by atoms with E-state index in [0.29, 0.717) is 0 Å². The fourth-order valence-corrected chi connectivity index (χ4v) is 4.05. The van der Waals surface area contributed by atoms with Gasteiger partial charge in [-0.3, -0.25) is 0 Å². The van der Waals surface area contributed by atoms with Crippen molar-refractivity contribution in [1.82, 2.24) is 5.32 Å². The summed E-state index contributed by atoms with van der Waals surface area (Å²) in [4.78, 5) is 0. The quantitative estimate of drug-likeness (QED) is 0.799. The van der Waals surface area contributed by atoms with E-state index in [-0.39, 0.29) is 5.82 Å². The molecule has 1 N–H and O–H groups in total. The maximum Gasteiger partial charge on any atom is 0.123 e. The van der Waals surface area contributed by atoms with E-state index in [9.17, 15) is 4.39 Å². The Balaban J connectivity index is 2.07. The number of hydrogen-bond acceptors (Lipinski definition) is 1. The van der Waals surface area contributed by atoms with Gasteiger partial charge in [0.2, 0.25) is 0 Å². The van der Waals surface area contributed by atoms with E-state index < -0.39 is 0 Å². The molecule has 1 aromatic rings. The third-order valence-electron chi connectivity index (χ3n) is 5.20. The van der Waals surface area contributed by atoms with E-state index in [4.69, 9.17) is 0 Å². The Bertz CT molecular complexity index is 443. The molecule has 0 heterocycles. The van der Waals surface area contributed by atoms with Gasteiger partial charge in [0, 0.05) is 0 Å². The van der Waals surface area contributed by atoms with Crippen LogP contribution in [-0.4, -0.2) is 13.6 Å². The molecule has 1 saturated carbocycles. The Morgan fingerprint density at radius 2 is 2.05 bits per heavy atom. The molecule has 1 nitrogen and oxygen atoms in total. The van der Waals surface area contributed by atoms with Crippen LogP contribution in [0.25, 0.3) is 0 Å². The maximum atomic E-state index is 13.3. The standard InChI is InChI=1S/C19H30FN/c1-4-5-15-6-7-17(13-21-3)18(11-15)12-16-8-9-19(20)10-14(16)2/h8-10,15,17-18,21H,4-7,11-13H2,1-3H3. The van der Waals surface area contributed by atoms with Crippen LogP contribution in [0.4, 0.5) is 4.39 Å². The van der Waals surface area contributed by atoms with Crippen molar-refractivity contribution in [3.05, 3.63) is 35.1 Å². The molecule has 3 atom stereocenters. The summed E-state index contributed by atoms with van der Waals surface area (Å²) in [7, 11) is 2.05. The van der Waals surface area contributed by atoms with Crippen LogP contribution in [-0.2, 0) is 6.42 Å². The van der Waals surface area contributed by atoms with Crippen molar-refractivity contribution in [2.45, 2.75) is 52.4 Å². The molecular formula is C19H30FN. The Labute approximate surface area is 129 Å². The molecule has 0 radical (unpaired) electrons. The summed E-state index contributed by atoms with van der Waals surface area (Å²) in [6.45, 7) is 5.44. The lowest BCUT2D eigenvalue weighted by atomic mass is 9.70. The van der Waals surface area contributed by atoms with Crippen molar-refractivity contribution in [3.8, 4) is 0 Å². The number of benzene rings is 1. The molecule has 1 aliphatic rings. The molecular weight excluding hydrogens is 261 g/mol. The number of halogens is 1. The van der Waals surface area contributed by atoms with Gasteiger partial charge in [-0.25, -0.2) is 4.39 Å². The molecule has 3 unspecified atom stereocenters. The largest absolute Gasteiger partial charge is 0.319 e. The van der Waals surface area contributed by atoms with Crippen molar-refractivity contribution < 1.29 is 4.39 Å². The van der Waals surface area contributed by atoms with Gasteiger partial charge in [-0.15, -0.1) is 0 Å². The normalized spacial score (nSPS) is 26.0. The second-order valence-electron chi connectivity index (χ2n) is 6.82. The first kappa shape index (κ1) is 16.5. The van der Waals surface area contributed by atoms with Gasteiger partial charge >= 0.3 is 0 Å². The third kappa shape index (κ3) is 4.54. The average molecular weight is 291 g/mol. The van der Waals surface area contributed by atoms with Gasteiger partial charge in [0.05, 0.1) is 0 Å². The van der Waals surface area contributed by atoms with E-state index in [1.54, 1.807) is 12.1 Å². The fraction of sp³-hybridized carbons (Fsp3) is 0.684. The third-order valence-corrected chi connectivity index (χ3v) is 5.20. The van der Waals surface area contributed by atoms with Crippen molar-refractivity contribution in [1.29, 1.82) is 0 Å². The molecule has 0 spiro atoms. The molecule has 1 fully saturated rings. The molecule has 2 heteroatoms. The van der Waals surface area contributed by atoms with Crippen molar-refractivity contribution in [2.75, 3.05) is 13.6 Å². The lowest BCUT2D eigenvalue weighted by molar-refractivity contribution is 0.169. The average Bonchev–Trinajstić information content (AvgIpc) is 2.45. The topological polar surface area (TPSA) is 12.0 Å². The molecule has 1 aromatic carbocycles. The van der Waals surface area contributed by atoms with Crippen LogP contribution in [0.2, 0.25) is 0 Å². The van der Waals surface area contributed by atoms with Crippen LogP contribution in [0.3, 0.4) is 0 Å². The zero-order valence-corrected chi connectivity index (χ0v) is 13.8. The summed E-state index contributed by atoms with van der Waals surface area (Å²) in [6, 6.07) is 5.28. The van der Waals surface area contributed by atoms with Crippen LogP contribution >= 0.6 is 0 Å². The lowest BCUT2D eigenvalue weighted by Crippen LogP contribution is -2.33. The van der Waals surface area contributed by atoms with Gasteiger partial charge in [-0.1, -0.05) is 32.3 Å². The molecule has 0 bridgehead atoms. The van der Waals surface area contributed by atoms with E-state index in [0.717, 1.165) is 36.3 Å². The van der Waals surface area contributed by atoms with Gasteiger partial charge in [0.25, 0.3) is 0 Å². The van der Waals surface area contributed by atoms with Crippen LogP contribution in [0, 0.1) is 30.5 Å². The Kier molecular flexibility index (Phi) is 6.22. The first-order chi connectivity index (χ1) is 10.1. The molecule has 2 rings (SSSR count). The van der Waals surface area contributed by atoms with Crippen LogP contribution in [0.1, 0.15) is 50.2 Å². The highest BCUT2D eigenvalue weighted by molar-refractivity contribution is 5.27. The minimum absolute atomic E-state index is 0.115. The van der Waals surface area contributed by atoms with Gasteiger partial charge in [-0.05, 0) is 80.8 Å². The zero-order valence-electron chi connectivity index (χ0n) is 13.8. The van der Waals surface area contributed by atoms with E-state index in [2.05, 4.69) is 19.3 Å². The number of rotatable bonds is 6. The molecule has 21 heavy (non-hydrogen) atoms. The van der Waals surface area contributed by atoms with Crippen molar-refractivity contribution >= 4 is 0 Å². The molecule has 1 aliphatic carbocycles. The van der Waals surface area contributed by atoms with E-state index >= 15 is 0 Å². The van der Waals surface area contributed by atoms with E-state index in [1.807, 2.05) is 13.0 Å². The summed E-state index contributed by atoms with van der Waals surface area (Å²) >= 11 is 0. The lowest BCUT2D eigenvalue weighted by Gasteiger charge is -2.36. The minimum Gasteiger partial charge on any atom is -0.319 e. The van der Waals surface area contributed by atoms with Crippen LogP contribution in [0.15, 0.2) is 18.2 Å². The predicted molar refractivity (Wildman–Crippen MR) is 88.0 cm³/mol. The van der Waals surface area contributed by atoms with Gasteiger partial charge in [0.15, 0.2) is 0 Å². The number of nitrogens with one attached hydrogen (secondary N) is 1. The Morgan fingerprint density at radius 3 is 2.71 bits per heavy atom. The van der Waals surface area contributed by atoms with Gasteiger partial charge in [0.1, 0.15) is 5.82 Å². The van der Waals surface area contributed by atoms with Crippen LogP contribution < -0.4 is 5.32 Å².